The van der Waals surface area contributed by atoms with Crippen LogP contribution in [0.4, 0.5) is 0 Å². The summed E-state index contributed by atoms with van der Waals surface area (Å²) in [5.41, 5.74) is 1.43. The summed E-state index contributed by atoms with van der Waals surface area (Å²) in [6.07, 6.45) is 2.31. The quantitative estimate of drug-likeness (QED) is 0.249. The van der Waals surface area contributed by atoms with Crippen molar-refractivity contribution >= 4 is 74.5 Å². The minimum atomic E-state index is -0.507. The van der Waals surface area contributed by atoms with Gasteiger partial charge in [0.05, 0.1) is 8.49 Å². The van der Waals surface area contributed by atoms with E-state index in [2.05, 4.69) is 45.2 Å². The number of nitro groups is 1. The first-order valence-electron chi connectivity index (χ1n) is 6.24. The van der Waals surface area contributed by atoms with Crippen molar-refractivity contribution in [1.82, 2.24) is 0 Å². The van der Waals surface area contributed by atoms with Crippen LogP contribution in [0.25, 0.3) is 6.08 Å². The Hall–Kier alpha value is -0.580. The largest absolute Gasteiger partial charge is 0.487 e. The van der Waals surface area contributed by atoms with Crippen molar-refractivity contribution in [3.63, 3.8) is 0 Å². The molecule has 2 rings (SSSR count). The van der Waals surface area contributed by atoms with Crippen LogP contribution in [-0.2, 0) is 6.61 Å². The molecule has 0 unspecified atom stereocenters. The zero-order chi connectivity index (χ0) is 17.0. The van der Waals surface area contributed by atoms with E-state index >= 15 is 0 Å². The Morgan fingerprint density at radius 1 is 1.22 bits per heavy atom. The van der Waals surface area contributed by atoms with E-state index in [0.29, 0.717) is 21.4 Å². The average Bonchev–Trinajstić information content (AvgIpc) is 2.45. The Morgan fingerprint density at radius 2 is 1.96 bits per heavy atom. The average molecular weight is 576 g/mol. The Morgan fingerprint density at radius 3 is 2.61 bits per heavy atom. The van der Waals surface area contributed by atoms with Gasteiger partial charge in [0.1, 0.15) is 12.4 Å². The lowest BCUT2D eigenvalue weighted by Gasteiger charge is -2.13. The van der Waals surface area contributed by atoms with Gasteiger partial charge in [-0.3, -0.25) is 10.1 Å². The normalized spacial score (nSPS) is 11.0. The minimum Gasteiger partial charge on any atom is -0.487 e. The van der Waals surface area contributed by atoms with E-state index in [0.717, 1.165) is 18.9 Å². The first-order valence-corrected chi connectivity index (χ1v) is 9.15. The highest BCUT2D eigenvalue weighted by molar-refractivity contribution is 14.1. The molecular weight excluding hydrogens is 567 g/mol. The van der Waals surface area contributed by atoms with Crippen molar-refractivity contribution < 1.29 is 9.66 Å². The van der Waals surface area contributed by atoms with Gasteiger partial charge in [-0.1, -0.05) is 29.3 Å². The molecule has 0 N–H and O–H groups in total. The van der Waals surface area contributed by atoms with Gasteiger partial charge >= 0.3 is 0 Å². The zero-order valence-electron chi connectivity index (χ0n) is 11.4. The summed E-state index contributed by atoms with van der Waals surface area (Å²) in [4.78, 5) is 10.0. The molecule has 0 aliphatic heterocycles. The maximum atomic E-state index is 10.6. The molecule has 0 bridgehead atoms. The van der Waals surface area contributed by atoms with Gasteiger partial charge in [0, 0.05) is 30.8 Å². The standard InChI is InChI=1S/C15H9Cl2I2NO3/c16-11-2-1-10(13(17)6-11)8-23-15-9(3-4-20(21)22)5-12(18)7-14(15)19/h1-7H,8H2. The molecule has 0 heterocycles. The molecule has 8 heteroatoms. The molecule has 0 saturated carbocycles. The second-order valence-electron chi connectivity index (χ2n) is 4.43. The summed E-state index contributed by atoms with van der Waals surface area (Å²) < 4.78 is 7.68. The molecule has 2 aromatic carbocycles. The Bertz CT molecular complexity index is 782. The van der Waals surface area contributed by atoms with E-state index in [4.69, 9.17) is 27.9 Å². The molecule has 120 valence electrons. The van der Waals surface area contributed by atoms with E-state index in [1.807, 2.05) is 12.1 Å². The van der Waals surface area contributed by atoms with Gasteiger partial charge in [0.2, 0.25) is 6.20 Å². The van der Waals surface area contributed by atoms with Crippen molar-refractivity contribution in [3.05, 3.63) is 75.0 Å². The van der Waals surface area contributed by atoms with E-state index in [9.17, 15) is 10.1 Å². The third-order valence-electron chi connectivity index (χ3n) is 2.80. The van der Waals surface area contributed by atoms with Gasteiger partial charge in [0.25, 0.3) is 0 Å². The van der Waals surface area contributed by atoms with Crippen molar-refractivity contribution in [2.75, 3.05) is 0 Å². The van der Waals surface area contributed by atoms with Crippen molar-refractivity contribution in [1.29, 1.82) is 0 Å². The number of ether oxygens (including phenoxy) is 1. The number of halogens is 4. The van der Waals surface area contributed by atoms with Gasteiger partial charge in [0.15, 0.2) is 0 Å². The lowest BCUT2D eigenvalue weighted by molar-refractivity contribution is -0.400. The summed E-state index contributed by atoms with van der Waals surface area (Å²) in [5, 5.41) is 11.6. The molecule has 0 saturated heterocycles. The second-order valence-corrected chi connectivity index (χ2v) is 7.68. The molecule has 0 aromatic heterocycles. The summed E-state index contributed by atoms with van der Waals surface area (Å²) in [7, 11) is 0. The summed E-state index contributed by atoms with van der Waals surface area (Å²) in [6, 6.07) is 8.93. The van der Waals surface area contributed by atoms with E-state index in [1.165, 1.54) is 6.08 Å². The monoisotopic (exact) mass is 575 g/mol. The molecule has 2 aromatic rings. The molecule has 23 heavy (non-hydrogen) atoms. The number of hydrogen-bond acceptors (Lipinski definition) is 3. The van der Waals surface area contributed by atoms with E-state index in [1.54, 1.807) is 18.2 Å². The molecule has 0 amide bonds. The van der Waals surface area contributed by atoms with Crippen LogP contribution < -0.4 is 4.74 Å². The first-order chi connectivity index (χ1) is 10.9. The summed E-state index contributed by atoms with van der Waals surface area (Å²) >= 11 is 16.3. The van der Waals surface area contributed by atoms with Crippen molar-refractivity contribution in [2.45, 2.75) is 6.61 Å². The molecular formula is C15H9Cl2I2NO3. The van der Waals surface area contributed by atoms with Crippen LogP contribution in [-0.4, -0.2) is 4.92 Å². The zero-order valence-corrected chi connectivity index (χ0v) is 17.3. The third-order valence-corrected chi connectivity index (χ3v) is 4.81. The van der Waals surface area contributed by atoms with Gasteiger partial charge < -0.3 is 4.74 Å². The lowest BCUT2D eigenvalue weighted by atomic mass is 10.2. The number of rotatable bonds is 5. The van der Waals surface area contributed by atoms with Crippen LogP contribution in [0.5, 0.6) is 5.75 Å². The van der Waals surface area contributed by atoms with Gasteiger partial charge in [-0.25, -0.2) is 0 Å². The Labute approximate surface area is 170 Å². The lowest BCUT2D eigenvalue weighted by Crippen LogP contribution is -2.00. The molecule has 0 radical (unpaired) electrons. The predicted octanol–water partition coefficient (Wildman–Crippen LogP) is 6.03. The van der Waals surface area contributed by atoms with Crippen LogP contribution in [0.15, 0.2) is 36.5 Å². The van der Waals surface area contributed by atoms with Crippen molar-refractivity contribution in [2.24, 2.45) is 0 Å². The van der Waals surface area contributed by atoms with Crippen LogP contribution in [0.3, 0.4) is 0 Å². The highest BCUT2D eigenvalue weighted by atomic mass is 127. The molecule has 0 fully saturated rings. The summed E-state index contributed by atoms with van der Waals surface area (Å²) in [5.74, 6) is 0.579. The summed E-state index contributed by atoms with van der Waals surface area (Å²) in [6.45, 7) is 0.242. The molecule has 0 atom stereocenters. The highest BCUT2D eigenvalue weighted by Crippen LogP contribution is 2.31. The SMILES string of the molecule is O=[N+]([O-])C=Cc1cc(I)cc(I)c1OCc1ccc(Cl)cc1Cl. The van der Waals surface area contributed by atoms with Crippen molar-refractivity contribution in [3.8, 4) is 5.75 Å². The molecule has 0 spiro atoms. The molecule has 0 aliphatic rings. The number of hydrogen-bond donors (Lipinski definition) is 0. The fourth-order valence-corrected chi connectivity index (χ4v) is 4.29. The van der Waals surface area contributed by atoms with E-state index < -0.39 is 4.92 Å². The van der Waals surface area contributed by atoms with Gasteiger partial charge in [-0.15, -0.1) is 0 Å². The number of benzene rings is 2. The maximum absolute atomic E-state index is 10.6. The van der Waals surface area contributed by atoms with Crippen LogP contribution >= 0.6 is 68.4 Å². The van der Waals surface area contributed by atoms with Crippen LogP contribution in [0, 0.1) is 17.3 Å². The smallest absolute Gasteiger partial charge is 0.235 e. The number of nitrogens with zero attached hydrogens (tertiary/aromatic N) is 1. The van der Waals surface area contributed by atoms with Crippen LogP contribution in [0.2, 0.25) is 10.0 Å². The first kappa shape index (κ1) is 18.8. The molecule has 0 aliphatic carbocycles. The fraction of sp³-hybridized carbons (Fsp3) is 0.0667. The van der Waals surface area contributed by atoms with Gasteiger partial charge in [-0.2, -0.15) is 0 Å². The topological polar surface area (TPSA) is 52.4 Å². The van der Waals surface area contributed by atoms with Gasteiger partial charge in [-0.05, 0) is 69.4 Å². The van der Waals surface area contributed by atoms with Crippen LogP contribution in [0.1, 0.15) is 11.1 Å². The Balaban J connectivity index is 2.29. The van der Waals surface area contributed by atoms with E-state index in [-0.39, 0.29) is 6.61 Å². The third kappa shape index (κ3) is 5.47. The Kier molecular flexibility index (Phi) is 6.93. The fourth-order valence-electron chi connectivity index (χ4n) is 1.79. The second kappa shape index (κ2) is 8.50. The highest BCUT2D eigenvalue weighted by Gasteiger charge is 2.11. The minimum absolute atomic E-state index is 0.242. The molecule has 4 nitrogen and oxygen atoms in total. The predicted molar refractivity (Wildman–Crippen MR) is 109 cm³/mol. The maximum Gasteiger partial charge on any atom is 0.235 e.